The van der Waals surface area contributed by atoms with Crippen LogP contribution < -0.4 is 9.62 Å². The molecule has 0 spiro atoms. The van der Waals surface area contributed by atoms with Gasteiger partial charge in [-0.25, -0.2) is 8.42 Å². The summed E-state index contributed by atoms with van der Waals surface area (Å²) in [4.78, 5) is 28.6. The molecule has 1 N–H and O–H groups in total. The van der Waals surface area contributed by atoms with Gasteiger partial charge in [-0.05, 0) is 43.2 Å². The summed E-state index contributed by atoms with van der Waals surface area (Å²) in [5.41, 5.74) is 0.105. The molecule has 0 saturated carbocycles. The van der Waals surface area contributed by atoms with Gasteiger partial charge < -0.3 is 10.2 Å². The number of rotatable bonds is 11. The number of carbonyl (C=O) groups excluding carboxylic acids is 2. The lowest BCUT2D eigenvalue weighted by atomic mass is 10.0. The number of hydrogen-bond donors (Lipinski definition) is 1. The molecule has 0 saturated heterocycles. The SMILES string of the molecule is CC(C)NC(=O)[C@@H](Cc1ccccc1)N(Cc1ccccc1)C(=O)CN(c1cccc(C(F)(F)F)c1)S(C)(=O)=O. The lowest BCUT2D eigenvalue weighted by molar-refractivity contribution is -0.140. The average Bonchev–Trinajstić information content (AvgIpc) is 2.89. The van der Waals surface area contributed by atoms with Crippen LogP contribution >= 0.6 is 0 Å². The van der Waals surface area contributed by atoms with E-state index in [0.29, 0.717) is 15.9 Å². The monoisotopic (exact) mass is 575 g/mol. The van der Waals surface area contributed by atoms with E-state index in [1.165, 1.54) is 11.0 Å². The van der Waals surface area contributed by atoms with Gasteiger partial charge in [0, 0.05) is 19.0 Å². The molecule has 0 fully saturated rings. The maximum atomic E-state index is 13.9. The summed E-state index contributed by atoms with van der Waals surface area (Å²) in [6, 6.07) is 20.4. The van der Waals surface area contributed by atoms with E-state index < -0.39 is 46.2 Å². The van der Waals surface area contributed by atoms with Gasteiger partial charge in [0.25, 0.3) is 0 Å². The Bertz CT molecular complexity index is 1400. The molecule has 214 valence electrons. The quantitative estimate of drug-likeness (QED) is 0.361. The minimum atomic E-state index is -4.71. The molecule has 3 rings (SSSR count). The summed E-state index contributed by atoms with van der Waals surface area (Å²) in [6.07, 6.45) is -3.76. The highest BCUT2D eigenvalue weighted by atomic mass is 32.2. The number of nitrogens with zero attached hydrogens (tertiary/aromatic N) is 2. The molecule has 2 amide bonds. The van der Waals surface area contributed by atoms with Gasteiger partial charge in [0.1, 0.15) is 12.6 Å². The highest BCUT2D eigenvalue weighted by Gasteiger charge is 2.35. The van der Waals surface area contributed by atoms with Gasteiger partial charge in [0.05, 0.1) is 17.5 Å². The second kappa shape index (κ2) is 13.0. The molecule has 3 aromatic rings. The first-order valence-electron chi connectivity index (χ1n) is 12.6. The molecule has 3 aromatic carbocycles. The van der Waals surface area contributed by atoms with E-state index in [9.17, 15) is 31.2 Å². The first kappa shape index (κ1) is 30.7. The smallest absolute Gasteiger partial charge is 0.352 e. The van der Waals surface area contributed by atoms with Crippen LogP contribution in [-0.4, -0.2) is 50.0 Å². The third kappa shape index (κ3) is 8.57. The lowest BCUT2D eigenvalue weighted by Gasteiger charge is -2.34. The Kier molecular flexibility index (Phi) is 9.97. The number of alkyl halides is 3. The number of halogens is 3. The van der Waals surface area contributed by atoms with Crippen molar-refractivity contribution in [3.05, 3.63) is 102 Å². The predicted octanol–water partition coefficient (Wildman–Crippen LogP) is 4.64. The van der Waals surface area contributed by atoms with Crippen LogP contribution in [-0.2, 0) is 38.8 Å². The van der Waals surface area contributed by atoms with Crippen molar-refractivity contribution in [1.29, 1.82) is 0 Å². The Balaban J connectivity index is 2.06. The van der Waals surface area contributed by atoms with Crippen LogP contribution in [0.2, 0.25) is 0 Å². The van der Waals surface area contributed by atoms with Crippen molar-refractivity contribution in [2.24, 2.45) is 0 Å². The van der Waals surface area contributed by atoms with Gasteiger partial charge in [0.15, 0.2) is 0 Å². The number of sulfonamides is 1. The van der Waals surface area contributed by atoms with Gasteiger partial charge in [-0.2, -0.15) is 13.2 Å². The third-order valence-corrected chi connectivity index (χ3v) is 7.18. The van der Waals surface area contributed by atoms with E-state index in [1.54, 1.807) is 56.3 Å². The zero-order valence-electron chi connectivity index (χ0n) is 22.4. The molecule has 0 heterocycles. The second-order valence-electron chi connectivity index (χ2n) is 9.69. The summed E-state index contributed by atoms with van der Waals surface area (Å²) in [7, 11) is -4.19. The number of amides is 2. The summed E-state index contributed by atoms with van der Waals surface area (Å²) >= 11 is 0. The van der Waals surface area contributed by atoms with Crippen molar-refractivity contribution in [1.82, 2.24) is 10.2 Å². The van der Waals surface area contributed by atoms with Gasteiger partial charge in [0.2, 0.25) is 21.8 Å². The van der Waals surface area contributed by atoms with Crippen LogP contribution in [0.1, 0.15) is 30.5 Å². The second-order valence-corrected chi connectivity index (χ2v) is 11.6. The van der Waals surface area contributed by atoms with Gasteiger partial charge in [-0.3, -0.25) is 13.9 Å². The third-order valence-electron chi connectivity index (χ3n) is 6.04. The Morgan fingerprint density at radius 2 is 1.45 bits per heavy atom. The Morgan fingerprint density at radius 1 is 0.875 bits per heavy atom. The molecule has 40 heavy (non-hydrogen) atoms. The standard InChI is InChI=1S/C29H32F3N3O4S/c1-21(2)33-28(37)26(17-22-11-6-4-7-12-22)34(19-23-13-8-5-9-14-23)27(36)20-35(40(3,38)39)25-16-10-15-24(18-25)29(30,31)32/h4-16,18,21,26H,17,19-20H2,1-3H3,(H,33,37)/t26-/m1/s1. The van der Waals surface area contributed by atoms with Crippen molar-refractivity contribution < 1.29 is 31.2 Å². The molecule has 0 bridgehead atoms. The molecule has 11 heteroatoms. The molecule has 0 aliphatic rings. The molecule has 0 unspecified atom stereocenters. The van der Waals surface area contributed by atoms with E-state index in [0.717, 1.165) is 24.0 Å². The van der Waals surface area contributed by atoms with Crippen LogP contribution in [0, 0.1) is 0 Å². The Labute approximate surface area is 232 Å². The predicted molar refractivity (Wildman–Crippen MR) is 148 cm³/mol. The van der Waals surface area contributed by atoms with E-state index in [2.05, 4.69) is 5.32 Å². The number of anilines is 1. The van der Waals surface area contributed by atoms with Crippen LogP contribution in [0.25, 0.3) is 0 Å². The van der Waals surface area contributed by atoms with Crippen molar-refractivity contribution >= 4 is 27.5 Å². The first-order chi connectivity index (χ1) is 18.8. The highest BCUT2D eigenvalue weighted by molar-refractivity contribution is 7.92. The highest BCUT2D eigenvalue weighted by Crippen LogP contribution is 2.32. The number of carbonyl (C=O) groups is 2. The van der Waals surface area contributed by atoms with Gasteiger partial charge >= 0.3 is 6.18 Å². The molecule has 7 nitrogen and oxygen atoms in total. The van der Waals surface area contributed by atoms with Crippen molar-refractivity contribution in [3.8, 4) is 0 Å². The fourth-order valence-electron chi connectivity index (χ4n) is 4.17. The van der Waals surface area contributed by atoms with E-state index in [4.69, 9.17) is 0 Å². The van der Waals surface area contributed by atoms with E-state index in [1.807, 2.05) is 18.2 Å². The fraction of sp³-hybridized carbons (Fsp3) is 0.310. The molecule has 0 aromatic heterocycles. The molecule has 0 radical (unpaired) electrons. The minimum Gasteiger partial charge on any atom is -0.352 e. The first-order valence-corrected chi connectivity index (χ1v) is 14.4. The van der Waals surface area contributed by atoms with Gasteiger partial charge in [-0.15, -0.1) is 0 Å². The maximum absolute atomic E-state index is 13.9. The molecule has 0 aliphatic carbocycles. The number of benzene rings is 3. The Hall–Kier alpha value is -3.86. The van der Waals surface area contributed by atoms with Gasteiger partial charge in [-0.1, -0.05) is 66.7 Å². The van der Waals surface area contributed by atoms with Crippen LogP contribution in [0.3, 0.4) is 0 Å². The van der Waals surface area contributed by atoms with Crippen molar-refractivity contribution in [3.63, 3.8) is 0 Å². The number of nitrogens with one attached hydrogen (secondary N) is 1. The summed E-state index contributed by atoms with van der Waals surface area (Å²) < 4.78 is 66.3. The van der Waals surface area contributed by atoms with Crippen LogP contribution in [0.5, 0.6) is 0 Å². The van der Waals surface area contributed by atoms with Crippen LogP contribution in [0.15, 0.2) is 84.9 Å². The van der Waals surface area contributed by atoms with Crippen LogP contribution in [0.4, 0.5) is 18.9 Å². The topological polar surface area (TPSA) is 86.8 Å². The average molecular weight is 576 g/mol. The normalized spacial score (nSPS) is 12.6. The lowest BCUT2D eigenvalue weighted by Crippen LogP contribution is -2.54. The summed E-state index contributed by atoms with van der Waals surface area (Å²) in [5.74, 6) is -1.18. The largest absolute Gasteiger partial charge is 0.416 e. The molecule has 0 aliphatic heterocycles. The summed E-state index contributed by atoms with van der Waals surface area (Å²) in [5, 5.41) is 2.83. The fourth-order valence-corrected chi connectivity index (χ4v) is 5.01. The molecular weight excluding hydrogens is 543 g/mol. The molecular formula is C29H32F3N3O4S. The zero-order valence-corrected chi connectivity index (χ0v) is 23.2. The van der Waals surface area contributed by atoms with E-state index in [-0.39, 0.29) is 24.7 Å². The summed E-state index contributed by atoms with van der Waals surface area (Å²) in [6.45, 7) is 2.73. The molecule has 1 atom stereocenters. The minimum absolute atomic E-state index is 0.0249. The Morgan fingerprint density at radius 3 is 1.98 bits per heavy atom. The zero-order chi connectivity index (χ0) is 29.5. The maximum Gasteiger partial charge on any atom is 0.416 e. The van der Waals surface area contributed by atoms with Crippen molar-refractivity contribution in [2.75, 3.05) is 17.1 Å². The van der Waals surface area contributed by atoms with Crippen molar-refractivity contribution in [2.45, 2.75) is 45.1 Å². The van der Waals surface area contributed by atoms with E-state index >= 15 is 0 Å². The number of hydrogen-bond acceptors (Lipinski definition) is 4.